The van der Waals surface area contributed by atoms with Gasteiger partial charge in [0.25, 0.3) is 0 Å². The van der Waals surface area contributed by atoms with Gasteiger partial charge in [-0.3, -0.25) is 14.3 Å². The molecular formula is C18H30BrN3O5. The second-order valence-electron chi connectivity index (χ2n) is 7.36. The third-order valence-corrected chi connectivity index (χ3v) is 4.31. The molecule has 0 aliphatic carbocycles. The molecule has 0 atom stereocenters. The number of ether oxygens (including phenoxy) is 3. The van der Waals surface area contributed by atoms with E-state index in [1.54, 1.807) is 24.7 Å². The lowest BCUT2D eigenvalue weighted by atomic mass is 9.91. The van der Waals surface area contributed by atoms with Gasteiger partial charge in [0.1, 0.15) is 16.6 Å². The van der Waals surface area contributed by atoms with Crippen LogP contribution in [0.15, 0.2) is 6.20 Å². The number of rotatable bonds is 12. The Bertz CT molecular complexity index is 610. The molecule has 154 valence electrons. The minimum absolute atomic E-state index is 0.214. The Morgan fingerprint density at radius 2 is 1.78 bits per heavy atom. The first kappa shape index (κ1) is 23.6. The molecular weight excluding hydrogens is 418 g/mol. The fourth-order valence-corrected chi connectivity index (χ4v) is 1.90. The molecule has 0 bridgehead atoms. The summed E-state index contributed by atoms with van der Waals surface area (Å²) in [7, 11) is 0. The number of aromatic nitrogens is 3. The molecule has 1 rings (SSSR count). The fraction of sp³-hybridized carbons (Fsp3) is 0.778. The molecule has 0 aromatic carbocycles. The van der Waals surface area contributed by atoms with Crippen LogP contribution in [0.25, 0.3) is 0 Å². The summed E-state index contributed by atoms with van der Waals surface area (Å²) in [6.45, 7) is 10.9. The molecule has 0 unspecified atom stereocenters. The zero-order valence-electron chi connectivity index (χ0n) is 16.8. The summed E-state index contributed by atoms with van der Waals surface area (Å²) in [4.78, 5) is 23.4. The van der Waals surface area contributed by atoms with Crippen molar-refractivity contribution >= 4 is 27.9 Å². The highest BCUT2D eigenvalue weighted by Gasteiger charge is 2.27. The largest absolute Gasteiger partial charge is 0.465 e. The smallest absolute Gasteiger partial charge is 0.322 e. The van der Waals surface area contributed by atoms with Gasteiger partial charge in [-0.25, -0.2) is 0 Å². The second kappa shape index (κ2) is 10.8. The van der Waals surface area contributed by atoms with Crippen LogP contribution in [0.3, 0.4) is 0 Å². The molecule has 0 saturated carbocycles. The maximum absolute atomic E-state index is 11.8. The third kappa shape index (κ3) is 8.83. The summed E-state index contributed by atoms with van der Waals surface area (Å²) in [5, 5.41) is 8.02. The van der Waals surface area contributed by atoms with Crippen molar-refractivity contribution in [2.24, 2.45) is 5.41 Å². The molecule has 1 aromatic rings. The molecule has 0 saturated heterocycles. The maximum Gasteiger partial charge on any atom is 0.322 e. The van der Waals surface area contributed by atoms with Crippen molar-refractivity contribution in [2.75, 3.05) is 19.8 Å². The molecule has 0 amide bonds. The van der Waals surface area contributed by atoms with E-state index in [9.17, 15) is 9.59 Å². The van der Waals surface area contributed by atoms with Crippen molar-refractivity contribution in [3.05, 3.63) is 11.9 Å². The standard InChI is InChI=1S/C18H30BrN3O5/c1-6-17(2,3)15(23)27-11-10-25-13-14-12-22(21-20-14)8-7-9-26-16(24)18(4,5)19/h12H,6-11,13H2,1-5H3. The first-order valence-electron chi connectivity index (χ1n) is 9.06. The van der Waals surface area contributed by atoms with Crippen LogP contribution in [0.2, 0.25) is 0 Å². The number of hydrogen-bond acceptors (Lipinski definition) is 7. The molecule has 0 radical (unpaired) electrons. The van der Waals surface area contributed by atoms with Gasteiger partial charge in [0.2, 0.25) is 0 Å². The quantitative estimate of drug-likeness (QED) is 0.276. The molecule has 27 heavy (non-hydrogen) atoms. The van der Waals surface area contributed by atoms with Crippen LogP contribution >= 0.6 is 15.9 Å². The predicted octanol–water partition coefficient (Wildman–Crippen LogP) is 2.88. The summed E-state index contributed by atoms with van der Waals surface area (Å²) < 4.78 is 16.8. The van der Waals surface area contributed by atoms with Crippen LogP contribution in [-0.4, -0.2) is 51.1 Å². The van der Waals surface area contributed by atoms with E-state index >= 15 is 0 Å². The van der Waals surface area contributed by atoms with Crippen LogP contribution in [0.5, 0.6) is 0 Å². The van der Waals surface area contributed by atoms with Gasteiger partial charge in [0.15, 0.2) is 0 Å². The van der Waals surface area contributed by atoms with Gasteiger partial charge < -0.3 is 14.2 Å². The lowest BCUT2D eigenvalue weighted by Gasteiger charge is -2.20. The topological polar surface area (TPSA) is 92.5 Å². The van der Waals surface area contributed by atoms with Gasteiger partial charge in [-0.1, -0.05) is 28.1 Å². The number of esters is 2. The van der Waals surface area contributed by atoms with Gasteiger partial charge in [0, 0.05) is 13.0 Å². The normalized spacial score (nSPS) is 12.1. The summed E-state index contributed by atoms with van der Waals surface area (Å²) in [5.74, 6) is -0.512. The Balaban J connectivity index is 2.18. The Morgan fingerprint density at radius 1 is 1.11 bits per heavy atom. The molecule has 0 aliphatic rings. The molecule has 0 fully saturated rings. The van der Waals surface area contributed by atoms with Crippen LogP contribution in [0.1, 0.15) is 53.2 Å². The van der Waals surface area contributed by atoms with Crippen molar-refractivity contribution in [2.45, 2.75) is 64.9 Å². The highest BCUT2D eigenvalue weighted by molar-refractivity contribution is 9.10. The SMILES string of the molecule is CCC(C)(C)C(=O)OCCOCc1cn(CCCOC(=O)C(C)(C)Br)nn1. The molecule has 1 heterocycles. The van der Waals surface area contributed by atoms with Crippen molar-refractivity contribution in [1.29, 1.82) is 0 Å². The fourth-order valence-electron chi connectivity index (χ4n) is 1.79. The molecule has 8 nitrogen and oxygen atoms in total. The lowest BCUT2D eigenvalue weighted by molar-refractivity contribution is -0.155. The van der Waals surface area contributed by atoms with Crippen molar-refractivity contribution in [3.63, 3.8) is 0 Å². The number of carbonyl (C=O) groups excluding carboxylic acids is 2. The highest BCUT2D eigenvalue weighted by Crippen LogP contribution is 2.21. The predicted molar refractivity (Wildman–Crippen MR) is 103 cm³/mol. The van der Waals surface area contributed by atoms with Crippen molar-refractivity contribution in [3.8, 4) is 0 Å². The van der Waals surface area contributed by atoms with E-state index in [0.29, 0.717) is 38.5 Å². The van der Waals surface area contributed by atoms with Gasteiger partial charge in [-0.2, -0.15) is 0 Å². The van der Waals surface area contributed by atoms with E-state index < -0.39 is 9.74 Å². The molecule has 1 aromatic heterocycles. The van der Waals surface area contributed by atoms with E-state index in [2.05, 4.69) is 26.2 Å². The van der Waals surface area contributed by atoms with Crippen molar-refractivity contribution < 1.29 is 23.8 Å². The minimum atomic E-state index is -0.675. The summed E-state index contributed by atoms with van der Waals surface area (Å²) in [6, 6.07) is 0. The number of hydrogen-bond donors (Lipinski definition) is 0. The monoisotopic (exact) mass is 447 g/mol. The molecule has 0 aliphatic heterocycles. The van der Waals surface area contributed by atoms with Gasteiger partial charge in [0.05, 0.1) is 31.4 Å². The average Bonchev–Trinajstić information content (AvgIpc) is 3.04. The number of nitrogens with zero attached hydrogens (tertiary/aromatic N) is 3. The first-order valence-corrected chi connectivity index (χ1v) is 9.85. The molecule has 0 N–H and O–H groups in total. The summed E-state index contributed by atoms with van der Waals surface area (Å²) in [6.07, 6.45) is 3.15. The minimum Gasteiger partial charge on any atom is -0.465 e. The van der Waals surface area contributed by atoms with E-state index in [4.69, 9.17) is 14.2 Å². The molecule has 9 heteroatoms. The summed E-state index contributed by atoms with van der Waals surface area (Å²) >= 11 is 3.26. The Hall–Kier alpha value is -1.48. The summed E-state index contributed by atoms with van der Waals surface area (Å²) in [5.41, 5.74) is 0.218. The van der Waals surface area contributed by atoms with Gasteiger partial charge in [-0.05, 0) is 34.1 Å². The highest BCUT2D eigenvalue weighted by atomic mass is 79.9. The maximum atomic E-state index is 11.8. The van der Waals surface area contributed by atoms with E-state index in [-0.39, 0.29) is 18.5 Å². The Morgan fingerprint density at radius 3 is 2.41 bits per heavy atom. The van der Waals surface area contributed by atoms with Crippen molar-refractivity contribution in [1.82, 2.24) is 15.0 Å². The Labute approximate surface area is 169 Å². The van der Waals surface area contributed by atoms with E-state index in [1.807, 2.05) is 20.8 Å². The zero-order valence-corrected chi connectivity index (χ0v) is 18.4. The number of halogens is 1. The van der Waals surface area contributed by atoms with Crippen LogP contribution in [-0.2, 0) is 37.0 Å². The van der Waals surface area contributed by atoms with E-state index in [0.717, 1.165) is 6.42 Å². The van der Waals surface area contributed by atoms with E-state index in [1.165, 1.54) is 0 Å². The third-order valence-electron chi connectivity index (χ3n) is 3.98. The zero-order chi connectivity index (χ0) is 20.5. The number of carbonyl (C=O) groups is 2. The Kier molecular flexibility index (Phi) is 9.38. The van der Waals surface area contributed by atoms with Crippen LogP contribution in [0.4, 0.5) is 0 Å². The van der Waals surface area contributed by atoms with Crippen LogP contribution in [0, 0.1) is 5.41 Å². The van der Waals surface area contributed by atoms with Gasteiger partial charge >= 0.3 is 11.9 Å². The van der Waals surface area contributed by atoms with Gasteiger partial charge in [-0.15, -0.1) is 5.10 Å². The number of alkyl halides is 1. The molecule has 0 spiro atoms. The lowest BCUT2D eigenvalue weighted by Crippen LogP contribution is -2.27. The van der Waals surface area contributed by atoms with Crippen LogP contribution < -0.4 is 0 Å². The number of aryl methyl sites for hydroxylation is 1. The first-order chi connectivity index (χ1) is 12.6. The average molecular weight is 448 g/mol. The second-order valence-corrected chi connectivity index (χ2v) is 9.34.